The molecule has 1 aliphatic rings. The van der Waals surface area contributed by atoms with Gasteiger partial charge in [-0.05, 0) is 54.0 Å². The van der Waals surface area contributed by atoms with Crippen molar-refractivity contribution >= 4 is 28.3 Å². The van der Waals surface area contributed by atoms with Gasteiger partial charge in [0.1, 0.15) is 17.9 Å². The van der Waals surface area contributed by atoms with Gasteiger partial charge in [0.25, 0.3) is 0 Å². The number of hydrogen-bond acceptors (Lipinski definition) is 7. The molecule has 4 rings (SSSR count). The van der Waals surface area contributed by atoms with Gasteiger partial charge in [0.15, 0.2) is 16.6 Å². The van der Waals surface area contributed by atoms with Crippen molar-refractivity contribution in [3.63, 3.8) is 0 Å². The molecule has 3 aromatic rings. The van der Waals surface area contributed by atoms with Crippen molar-refractivity contribution in [2.24, 2.45) is 0 Å². The fourth-order valence-corrected chi connectivity index (χ4v) is 4.50. The largest absolute Gasteiger partial charge is 0.493 e. The molecule has 0 radical (unpaired) electrons. The molecule has 34 heavy (non-hydrogen) atoms. The predicted octanol–water partition coefficient (Wildman–Crippen LogP) is 3.31. The monoisotopic (exact) mass is 484 g/mol. The van der Waals surface area contributed by atoms with Gasteiger partial charge in [-0.3, -0.25) is 0 Å². The Morgan fingerprint density at radius 2 is 1.88 bits per heavy atom. The van der Waals surface area contributed by atoms with E-state index >= 15 is 0 Å². The molecule has 0 saturated heterocycles. The first-order valence-corrected chi connectivity index (χ1v) is 11.4. The van der Waals surface area contributed by atoms with E-state index in [-0.39, 0.29) is 12.6 Å². The minimum Gasteiger partial charge on any atom is -0.493 e. The quantitative estimate of drug-likeness (QED) is 0.294. The Morgan fingerprint density at radius 3 is 2.65 bits per heavy atom. The van der Waals surface area contributed by atoms with Crippen LogP contribution in [0.5, 0.6) is 17.2 Å². The van der Waals surface area contributed by atoms with Gasteiger partial charge in [0, 0.05) is 20.2 Å². The second-order valence-corrected chi connectivity index (χ2v) is 8.21. The fraction of sp³-hybridized carbons (Fsp3) is 0.360. The highest BCUT2D eigenvalue weighted by Crippen LogP contribution is 2.38. The Morgan fingerprint density at radius 1 is 1.12 bits per heavy atom. The lowest BCUT2D eigenvalue weighted by Crippen LogP contribution is -2.47. The van der Waals surface area contributed by atoms with E-state index in [2.05, 4.69) is 10.2 Å². The van der Waals surface area contributed by atoms with Crippen molar-refractivity contribution in [2.75, 3.05) is 47.6 Å². The number of ether oxygens (including phenoxy) is 4. The third kappa shape index (κ3) is 4.95. The van der Waals surface area contributed by atoms with Crippen LogP contribution in [0.1, 0.15) is 17.2 Å². The van der Waals surface area contributed by atoms with Crippen molar-refractivity contribution < 1.29 is 23.4 Å². The molecule has 2 aromatic carbocycles. The summed E-state index contributed by atoms with van der Waals surface area (Å²) in [5.74, 6) is 1.79. The Labute approximate surface area is 203 Å². The van der Waals surface area contributed by atoms with Crippen molar-refractivity contribution in [2.45, 2.75) is 12.5 Å². The van der Waals surface area contributed by atoms with E-state index in [0.717, 1.165) is 22.9 Å². The maximum Gasteiger partial charge on any atom is 0.339 e. The number of rotatable bonds is 8. The number of nitrogens with one attached hydrogen (secondary N) is 1. The highest BCUT2D eigenvalue weighted by Gasteiger charge is 2.31. The maximum absolute atomic E-state index is 12.1. The van der Waals surface area contributed by atoms with Crippen LogP contribution in [0.15, 0.2) is 51.7 Å². The molecule has 1 aliphatic heterocycles. The molecule has 1 aromatic heterocycles. The van der Waals surface area contributed by atoms with Crippen LogP contribution >= 0.6 is 12.2 Å². The number of methoxy groups -OCH3 is 3. The lowest BCUT2D eigenvalue weighted by Gasteiger charge is -2.39. The van der Waals surface area contributed by atoms with Crippen molar-refractivity contribution in [1.29, 1.82) is 0 Å². The molecule has 0 saturated carbocycles. The first kappa shape index (κ1) is 23.8. The summed E-state index contributed by atoms with van der Waals surface area (Å²) in [6.07, 6.45) is 0.788. The van der Waals surface area contributed by atoms with Crippen LogP contribution in [-0.4, -0.2) is 57.6 Å². The Kier molecular flexibility index (Phi) is 7.54. The predicted molar refractivity (Wildman–Crippen MR) is 133 cm³/mol. The van der Waals surface area contributed by atoms with Crippen molar-refractivity contribution in [1.82, 2.24) is 10.2 Å². The van der Waals surface area contributed by atoms with E-state index in [1.807, 2.05) is 30.3 Å². The summed E-state index contributed by atoms with van der Waals surface area (Å²) in [6.45, 7) is 2.11. The average molecular weight is 485 g/mol. The highest BCUT2D eigenvalue weighted by atomic mass is 32.1. The van der Waals surface area contributed by atoms with Crippen LogP contribution in [-0.2, 0) is 11.2 Å². The first-order chi connectivity index (χ1) is 16.5. The SMILES string of the molecule is COCCNC(=S)N1CCc2cc(OC)c(OC)cc2C1COc1cc(=O)oc2ccccc12. The number of fused-ring (bicyclic) bond motifs is 2. The fourth-order valence-electron chi connectivity index (χ4n) is 4.18. The van der Waals surface area contributed by atoms with E-state index in [9.17, 15) is 4.79 Å². The summed E-state index contributed by atoms with van der Waals surface area (Å²) < 4.78 is 27.7. The van der Waals surface area contributed by atoms with E-state index < -0.39 is 5.63 Å². The summed E-state index contributed by atoms with van der Waals surface area (Å²) in [6, 6.07) is 12.5. The van der Waals surface area contributed by atoms with E-state index in [1.54, 1.807) is 27.4 Å². The van der Waals surface area contributed by atoms with Gasteiger partial charge < -0.3 is 33.6 Å². The zero-order valence-electron chi connectivity index (χ0n) is 19.5. The normalized spacial score (nSPS) is 15.0. The van der Waals surface area contributed by atoms with Crippen LogP contribution in [0.2, 0.25) is 0 Å². The zero-order valence-corrected chi connectivity index (χ0v) is 20.3. The van der Waals surface area contributed by atoms with Crippen LogP contribution < -0.4 is 25.2 Å². The number of para-hydroxylation sites is 1. The number of thiocarbonyl (C=S) groups is 1. The second-order valence-electron chi connectivity index (χ2n) is 7.83. The number of hydrogen-bond donors (Lipinski definition) is 1. The van der Waals surface area contributed by atoms with Crippen LogP contribution in [0.4, 0.5) is 0 Å². The molecule has 180 valence electrons. The molecule has 0 bridgehead atoms. The molecule has 1 unspecified atom stereocenters. The molecule has 1 atom stereocenters. The standard InChI is InChI=1S/C25H28N2O6S/c1-29-11-9-26-25(34)27-10-8-16-12-22(30-2)23(31-3)13-18(16)19(27)15-32-21-14-24(28)33-20-7-5-4-6-17(20)21/h4-7,12-14,19H,8-11,15H2,1-3H3,(H,26,34). The average Bonchev–Trinajstić information content (AvgIpc) is 2.85. The molecule has 0 amide bonds. The molecule has 0 aliphatic carbocycles. The lowest BCUT2D eigenvalue weighted by molar-refractivity contribution is 0.182. The molecule has 9 heteroatoms. The third-order valence-electron chi connectivity index (χ3n) is 5.85. The van der Waals surface area contributed by atoms with Crippen LogP contribution in [0.25, 0.3) is 11.0 Å². The molecular formula is C25H28N2O6S. The Hall–Kier alpha value is -3.30. The summed E-state index contributed by atoms with van der Waals surface area (Å²) in [7, 11) is 4.89. The Bertz CT molecular complexity index is 1230. The topological polar surface area (TPSA) is 82.4 Å². The summed E-state index contributed by atoms with van der Waals surface area (Å²) in [5, 5.41) is 4.61. The number of benzene rings is 2. The van der Waals surface area contributed by atoms with Gasteiger partial charge in [0.05, 0.1) is 38.3 Å². The second kappa shape index (κ2) is 10.8. The Balaban J connectivity index is 1.68. The summed E-state index contributed by atoms with van der Waals surface area (Å²) in [5.41, 5.74) is 2.19. The van der Waals surface area contributed by atoms with E-state index in [0.29, 0.717) is 47.6 Å². The molecule has 0 fully saturated rings. The molecule has 2 heterocycles. The van der Waals surface area contributed by atoms with Gasteiger partial charge in [-0.15, -0.1) is 0 Å². The van der Waals surface area contributed by atoms with Gasteiger partial charge in [0.2, 0.25) is 0 Å². The minimum atomic E-state index is -0.460. The molecule has 0 spiro atoms. The van der Waals surface area contributed by atoms with Crippen molar-refractivity contribution in [3.05, 3.63) is 64.0 Å². The minimum absolute atomic E-state index is 0.211. The third-order valence-corrected chi connectivity index (χ3v) is 6.23. The first-order valence-electron chi connectivity index (χ1n) is 11.0. The molecule has 1 N–H and O–H groups in total. The lowest BCUT2D eigenvalue weighted by atomic mass is 9.92. The van der Waals surface area contributed by atoms with Gasteiger partial charge in [-0.2, -0.15) is 0 Å². The van der Waals surface area contributed by atoms with Crippen LogP contribution in [0.3, 0.4) is 0 Å². The maximum atomic E-state index is 12.1. The highest BCUT2D eigenvalue weighted by molar-refractivity contribution is 7.80. The molecular weight excluding hydrogens is 456 g/mol. The van der Waals surface area contributed by atoms with Gasteiger partial charge in [-0.25, -0.2) is 4.79 Å². The zero-order chi connectivity index (χ0) is 24.1. The summed E-state index contributed by atoms with van der Waals surface area (Å²) in [4.78, 5) is 14.2. The van der Waals surface area contributed by atoms with E-state index in [4.69, 9.17) is 35.6 Å². The molecule has 8 nitrogen and oxygen atoms in total. The van der Waals surface area contributed by atoms with Crippen molar-refractivity contribution in [3.8, 4) is 17.2 Å². The van der Waals surface area contributed by atoms with E-state index in [1.165, 1.54) is 6.07 Å². The van der Waals surface area contributed by atoms with Crippen LogP contribution in [0, 0.1) is 0 Å². The summed E-state index contributed by atoms with van der Waals surface area (Å²) >= 11 is 5.71. The number of nitrogens with zero attached hydrogens (tertiary/aromatic N) is 1. The van der Waals surface area contributed by atoms with Gasteiger partial charge >= 0.3 is 5.63 Å². The van der Waals surface area contributed by atoms with Gasteiger partial charge in [-0.1, -0.05) is 12.1 Å². The smallest absolute Gasteiger partial charge is 0.339 e.